The quantitative estimate of drug-likeness (QED) is 0.502. The van der Waals surface area contributed by atoms with Crippen molar-refractivity contribution in [3.63, 3.8) is 0 Å². The van der Waals surface area contributed by atoms with Crippen LogP contribution in [0.1, 0.15) is 18.9 Å². The molecule has 2 heterocycles. The number of halogens is 3. The maximum atomic E-state index is 13.5. The Kier molecular flexibility index (Phi) is 8.15. The van der Waals surface area contributed by atoms with E-state index in [0.717, 1.165) is 0 Å². The summed E-state index contributed by atoms with van der Waals surface area (Å²) in [5, 5.41) is 10.0. The number of allylic oxidation sites excluding steroid dienone is 4. The van der Waals surface area contributed by atoms with Gasteiger partial charge in [-0.1, -0.05) is 36.5 Å². The molecule has 1 unspecified atom stereocenters. The molecule has 1 aromatic rings. The number of rotatable bonds is 6. The topological polar surface area (TPSA) is 98.2 Å². The molecule has 1 N–H and O–H groups in total. The van der Waals surface area contributed by atoms with Crippen LogP contribution in [0, 0.1) is 0 Å². The Bertz CT molecular complexity index is 1330. The highest BCUT2D eigenvalue weighted by molar-refractivity contribution is 7.96. The Hall–Kier alpha value is -1.84. The third-order valence-electron chi connectivity index (χ3n) is 7.24. The average Bonchev–Trinajstić information content (AvgIpc) is 2.85. The van der Waals surface area contributed by atoms with Crippen molar-refractivity contribution in [3.05, 3.63) is 53.0 Å². The molecular weight excluding hydrogens is 563 g/mol. The van der Waals surface area contributed by atoms with Gasteiger partial charge in [0.05, 0.1) is 22.5 Å². The second kappa shape index (κ2) is 10.6. The lowest BCUT2D eigenvalue weighted by Gasteiger charge is -2.44. The van der Waals surface area contributed by atoms with Crippen molar-refractivity contribution in [1.82, 2.24) is 9.21 Å². The molecule has 4 rings (SSSR count). The Morgan fingerprint density at radius 3 is 2.29 bits per heavy atom. The first-order valence-electron chi connectivity index (χ1n) is 12.1. The number of benzene rings is 1. The zero-order valence-electron chi connectivity index (χ0n) is 20.8. The number of piperazine rings is 1. The van der Waals surface area contributed by atoms with Crippen LogP contribution in [-0.2, 0) is 25.5 Å². The van der Waals surface area contributed by atoms with Gasteiger partial charge in [0.15, 0.2) is 15.4 Å². The van der Waals surface area contributed by atoms with Gasteiger partial charge in [0.1, 0.15) is 0 Å². The lowest BCUT2D eigenvalue weighted by atomic mass is 9.95. The number of thiocarbonyl (C=S) groups is 1. The van der Waals surface area contributed by atoms with E-state index in [9.17, 15) is 35.1 Å². The SMILES string of the molecule is CC(O)(c1ccc(N2CCN(S(=O)(=O)C3=CC=CCC3=S)C[C@@H]2CN2CCS(=O)(=O)CC2)cc1)C(F)(F)F. The maximum Gasteiger partial charge on any atom is 0.421 e. The van der Waals surface area contributed by atoms with E-state index in [2.05, 4.69) is 0 Å². The first kappa shape index (κ1) is 29.2. The molecule has 2 saturated heterocycles. The molecule has 3 aliphatic rings. The molecule has 2 atom stereocenters. The summed E-state index contributed by atoms with van der Waals surface area (Å²) in [6.07, 6.45) is 0.437. The molecule has 2 fully saturated rings. The van der Waals surface area contributed by atoms with Crippen LogP contribution in [0.4, 0.5) is 18.9 Å². The first-order chi connectivity index (χ1) is 17.6. The molecule has 1 aliphatic carbocycles. The molecule has 38 heavy (non-hydrogen) atoms. The van der Waals surface area contributed by atoms with Crippen molar-refractivity contribution in [3.8, 4) is 0 Å². The van der Waals surface area contributed by atoms with Crippen LogP contribution in [0.2, 0.25) is 0 Å². The Morgan fingerprint density at radius 2 is 1.71 bits per heavy atom. The fourth-order valence-corrected chi connectivity index (χ4v) is 8.15. The summed E-state index contributed by atoms with van der Waals surface area (Å²) in [4.78, 5) is 4.31. The van der Waals surface area contributed by atoms with Gasteiger partial charge in [-0.3, -0.25) is 4.90 Å². The van der Waals surface area contributed by atoms with Crippen molar-refractivity contribution in [1.29, 1.82) is 0 Å². The molecule has 1 aromatic carbocycles. The molecule has 210 valence electrons. The molecule has 0 saturated carbocycles. The predicted octanol–water partition coefficient (Wildman–Crippen LogP) is 2.22. The molecule has 0 aromatic heterocycles. The summed E-state index contributed by atoms with van der Waals surface area (Å²) in [6.45, 7) is 2.18. The Morgan fingerprint density at radius 1 is 1.08 bits per heavy atom. The van der Waals surface area contributed by atoms with Gasteiger partial charge in [0, 0.05) is 56.2 Å². The second-order valence-corrected chi connectivity index (χ2v) is 14.6. The van der Waals surface area contributed by atoms with E-state index in [4.69, 9.17) is 12.2 Å². The number of sulfone groups is 1. The molecule has 14 heteroatoms. The average molecular weight is 594 g/mol. The van der Waals surface area contributed by atoms with E-state index < -0.39 is 37.7 Å². The van der Waals surface area contributed by atoms with Crippen molar-refractivity contribution < 1.29 is 35.1 Å². The molecule has 0 bridgehead atoms. The first-order valence-corrected chi connectivity index (χ1v) is 15.8. The van der Waals surface area contributed by atoms with Gasteiger partial charge in [-0.15, -0.1) is 0 Å². The summed E-state index contributed by atoms with van der Waals surface area (Å²) < 4.78 is 92.0. The summed E-state index contributed by atoms with van der Waals surface area (Å²) in [5.41, 5.74) is -2.75. The summed E-state index contributed by atoms with van der Waals surface area (Å²) in [6, 6.07) is 5.00. The van der Waals surface area contributed by atoms with Crippen LogP contribution < -0.4 is 4.90 Å². The van der Waals surface area contributed by atoms with E-state index in [-0.39, 0.29) is 41.6 Å². The van der Waals surface area contributed by atoms with Crippen molar-refractivity contribution >= 4 is 42.6 Å². The smallest absolute Gasteiger partial charge is 0.376 e. The highest BCUT2D eigenvalue weighted by Gasteiger charge is 2.51. The van der Waals surface area contributed by atoms with Gasteiger partial charge in [-0.25, -0.2) is 16.8 Å². The largest absolute Gasteiger partial charge is 0.421 e. The second-order valence-electron chi connectivity index (χ2n) is 9.87. The predicted molar refractivity (Wildman–Crippen MR) is 143 cm³/mol. The highest BCUT2D eigenvalue weighted by atomic mass is 32.2. The van der Waals surface area contributed by atoms with Crippen LogP contribution in [-0.4, -0.2) is 99.0 Å². The summed E-state index contributed by atoms with van der Waals surface area (Å²) in [7, 11) is -6.98. The number of hydrogen-bond acceptors (Lipinski definition) is 8. The summed E-state index contributed by atoms with van der Waals surface area (Å²) >= 11 is 5.29. The lowest BCUT2D eigenvalue weighted by Crippen LogP contribution is -2.59. The molecule has 8 nitrogen and oxygen atoms in total. The van der Waals surface area contributed by atoms with E-state index in [1.807, 2.05) is 9.80 Å². The van der Waals surface area contributed by atoms with Gasteiger partial charge < -0.3 is 10.0 Å². The summed E-state index contributed by atoms with van der Waals surface area (Å²) in [5.74, 6) is 0.0207. The lowest BCUT2D eigenvalue weighted by molar-refractivity contribution is -0.258. The van der Waals surface area contributed by atoms with Gasteiger partial charge >= 0.3 is 6.18 Å². The minimum Gasteiger partial charge on any atom is -0.376 e. The molecule has 2 aliphatic heterocycles. The molecule has 0 radical (unpaired) electrons. The van der Waals surface area contributed by atoms with E-state index in [1.54, 1.807) is 12.2 Å². The zero-order chi connectivity index (χ0) is 27.9. The van der Waals surface area contributed by atoms with Gasteiger partial charge in [-0.05, 0) is 30.7 Å². The van der Waals surface area contributed by atoms with Crippen LogP contribution in [0.25, 0.3) is 0 Å². The number of hydrogen-bond donors (Lipinski definition) is 1. The van der Waals surface area contributed by atoms with Crippen LogP contribution in [0.15, 0.2) is 47.4 Å². The Labute approximate surface area is 226 Å². The Balaban J connectivity index is 1.60. The van der Waals surface area contributed by atoms with Crippen molar-refractivity contribution in [2.45, 2.75) is 31.2 Å². The fraction of sp³-hybridized carbons (Fsp3) is 0.542. The minimum atomic E-state index is -4.85. The molecule has 0 spiro atoms. The van der Waals surface area contributed by atoms with Crippen molar-refractivity contribution in [2.24, 2.45) is 0 Å². The van der Waals surface area contributed by atoms with E-state index in [0.29, 0.717) is 43.5 Å². The van der Waals surface area contributed by atoms with E-state index in [1.165, 1.54) is 34.6 Å². The maximum absolute atomic E-state index is 13.5. The third-order valence-corrected chi connectivity index (χ3v) is 11.3. The minimum absolute atomic E-state index is 0.0104. The molecular formula is C24H30F3N3O5S3. The zero-order valence-corrected chi connectivity index (χ0v) is 23.2. The fourth-order valence-electron chi connectivity index (χ4n) is 4.81. The van der Waals surface area contributed by atoms with Crippen LogP contribution in [0.3, 0.4) is 0 Å². The highest BCUT2D eigenvalue weighted by Crippen LogP contribution is 2.39. The number of aliphatic hydroxyl groups is 1. The standard InChI is InChI=1S/C24H30F3N3O5S3/c1-23(31,24(25,26)27)18-6-8-19(9-7-18)30-11-10-29(38(34,35)22-5-3-2-4-21(22)36)17-20(30)16-28-12-14-37(32,33)15-13-28/h2-3,5-9,20,31H,4,10-17H2,1H3/t20-,23?/m0/s1. The third kappa shape index (κ3) is 5.99. The van der Waals surface area contributed by atoms with Gasteiger partial charge in [0.2, 0.25) is 10.0 Å². The van der Waals surface area contributed by atoms with Gasteiger partial charge in [0.25, 0.3) is 0 Å². The van der Waals surface area contributed by atoms with Crippen LogP contribution >= 0.6 is 12.2 Å². The van der Waals surface area contributed by atoms with Crippen LogP contribution in [0.5, 0.6) is 0 Å². The van der Waals surface area contributed by atoms with Crippen molar-refractivity contribution in [2.75, 3.05) is 55.7 Å². The normalized spacial score (nSPS) is 25.2. The van der Waals surface area contributed by atoms with Gasteiger partial charge in [-0.2, -0.15) is 17.5 Å². The van der Waals surface area contributed by atoms with E-state index >= 15 is 0 Å². The monoisotopic (exact) mass is 593 g/mol. The number of alkyl halides is 3. The number of anilines is 1. The number of nitrogens with zero attached hydrogens (tertiary/aromatic N) is 3. The molecule has 0 amide bonds. The number of sulfonamides is 1.